The van der Waals surface area contributed by atoms with Gasteiger partial charge in [-0.15, -0.1) is 0 Å². The first-order chi connectivity index (χ1) is 7.68. The molecular weight excluding hydrogens is 208 g/mol. The van der Waals surface area contributed by atoms with E-state index in [1.807, 2.05) is 13.8 Å². The molecule has 0 saturated heterocycles. The van der Waals surface area contributed by atoms with E-state index < -0.39 is 0 Å². The normalized spacial score (nSPS) is 25.2. The van der Waals surface area contributed by atoms with E-state index in [2.05, 4.69) is 32.6 Å². The molecule has 0 N–H and O–H groups in total. The van der Waals surface area contributed by atoms with Crippen LogP contribution in [0.3, 0.4) is 0 Å². The lowest BCUT2D eigenvalue weighted by Gasteiger charge is -2.39. The number of carbonyl (C=O) groups excluding carboxylic acids is 1. The van der Waals surface area contributed by atoms with Crippen molar-refractivity contribution < 1.29 is 4.79 Å². The molecule has 1 rings (SSSR count). The van der Waals surface area contributed by atoms with Gasteiger partial charge < -0.3 is 0 Å². The van der Waals surface area contributed by atoms with E-state index in [-0.39, 0.29) is 16.6 Å². The zero-order valence-corrected chi connectivity index (χ0v) is 12.0. The second-order valence-electron chi connectivity index (χ2n) is 6.46. The van der Waals surface area contributed by atoms with E-state index in [9.17, 15) is 4.79 Å². The molecule has 1 atom stereocenters. The highest BCUT2D eigenvalue weighted by atomic mass is 16.1. The third-order valence-electron chi connectivity index (χ3n) is 4.48. The number of carbonyl (C=O) groups is 1. The maximum atomic E-state index is 11.5. The van der Waals surface area contributed by atoms with Crippen LogP contribution in [-0.2, 0) is 4.79 Å². The van der Waals surface area contributed by atoms with Crippen molar-refractivity contribution in [3.05, 3.63) is 24.3 Å². The van der Waals surface area contributed by atoms with Crippen LogP contribution in [0.25, 0.3) is 0 Å². The maximum absolute atomic E-state index is 11.5. The van der Waals surface area contributed by atoms with E-state index >= 15 is 0 Å². The second-order valence-corrected chi connectivity index (χ2v) is 6.46. The molecule has 0 radical (unpaired) electrons. The van der Waals surface area contributed by atoms with Gasteiger partial charge in [0.05, 0.1) is 0 Å². The van der Waals surface area contributed by atoms with Gasteiger partial charge in [0.15, 0.2) is 0 Å². The summed E-state index contributed by atoms with van der Waals surface area (Å²) in [6, 6.07) is 0. The summed E-state index contributed by atoms with van der Waals surface area (Å²) in [5.74, 6) is 0.739. The largest absolute Gasteiger partial charge is 0.299 e. The highest BCUT2D eigenvalue weighted by Crippen LogP contribution is 2.44. The Balaban J connectivity index is 2.84. The molecule has 0 aromatic rings. The molecule has 0 bridgehead atoms. The van der Waals surface area contributed by atoms with Crippen LogP contribution in [0.2, 0.25) is 0 Å². The average Bonchev–Trinajstić information content (AvgIpc) is 2.20. The third kappa shape index (κ3) is 3.08. The first-order valence-electron chi connectivity index (χ1n) is 6.56. The third-order valence-corrected chi connectivity index (χ3v) is 4.48. The summed E-state index contributed by atoms with van der Waals surface area (Å²) in [6.45, 7) is 14.4. The van der Waals surface area contributed by atoms with Crippen LogP contribution >= 0.6 is 0 Å². The molecule has 1 nitrogen and oxygen atoms in total. The van der Waals surface area contributed by atoms with Gasteiger partial charge in [-0.2, -0.15) is 0 Å². The summed E-state index contributed by atoms with van der Waals surface area (Å²) in [6.07, 6.45) is 7.90. The number of Topliss-reactive ketones (excluding diaryl/α,β-unsaturated/α-hetero) is 1. The SMILES string of the molecule is C=C1CCCC(/C=C/C(C)(C)C(C)=O)C1(C)C. The molecule has 0 aliphatic heterocycles. The summed E-state index contributed by atoms with van der Waals surface area (Å²) in [5, 5.41) is 0. The summed E-state index contributed by atoms with van der Waals surface area (Å²) < 4.78 is 0. The minimum absolute atomic E-state index is 0.168. The van der Waals surface area contributed by atoms with Gasteiger partial charge in [-0.1, -0.05) is 38.2 Å². The quantitative estimate of drug-likeness (QED) is 0.655. The highest BCUT2D eigenvalue weighted by Gasteiger charge is 2.34. The van der Waals surface area contributed by atoms with E-state index in [4.69, 9.17) is 0 Å². The Labute approximate surface area is 106 Å². The lowest BCUT2D eigenvalue weighted by Crippen LogP contribution is -2.29. The molecule has 0 heterocycles. The molecule has 1 aliphatic rings. The smallest absolute Gasteiger partial charge is 0.139 e. The van der Waals surface area contributed by atoms with E-state index in [1.54, 1.807) is 6.92 Å². The fourth-order valence-electron chi connectivity index (χ4n) is 2.29. The molecule has 1 fully saturated rings. The Morgan fingerprint density at radius 1 is 1.47 bits per heavy atom. The van der Waals surface area contributed by atoms with Crippen LogP contribution in [0.5, 0.6) is 0 Å². The zero-order valence-electron chi connectivity index (χ0n) is 12.0. The number of rotatable bonds is 3. The van der Waals surface area contributed by atoms with E-state index in [0.717, 1.165) is 6.42 Å². The summed E-state index contributed by atoms with van der Waals surface area (Å²) in [5.41, 5.74) is 1.18. The standard InChI is InChI=1S/C16H26O/c1-12-8-7-9-14(16(12,5)6)10-11-15(3,4)13(2)17/h10-11,14H,1,7-9H2,2-6H3/b11-10+. The molecule has 0 spiro atoms. The summed E-state index contributed by atoms with van der Waals surface area (Å²) in [4.78, 5) is 11.5. The number of allylic oxidation sites excluding steroid dienone is 3. The number of hydrogen-bond donors (Lipinski definition) is 0. The van der Waals surface area contributed by atoms with Gasteiger partial charge in [-0.3, -0.25) is 4.79 Å². The van der Waals surface area contributed by atoms with Gasteiger partial charge in [0.1, 0.15) is 5.78 Å². The van der Waals surface area contributed by atoms with E-state index in [0.29, 0.717) is 5.92 Å². The van der Waals surface area contributed by atoms with Crippen LogP contribution in [0, 0.1) is 16.7 Å². The Morgan fingerprint density at radius 2 is 2.06 bits per heavy atom. The molecular formula is C16H26O. The minimum Gasteiger partial charge on any atom is -0.299 e. The molecule has 0 aromatic heterocycles. The fraction of sp³-hybridized carbons (Fsp3) is 0.688. The molecule has 1 unspecified atom stereocenters. The van der Waals surface area contributed by atoms with Crippen molar-refractivity contribution in [1.82, 2.24) is 0 Å². The van der Waals surface area contributed by atoms with Crippen molar-refractivity contribution in [2.45, 2.75) is 53.9 Å². The molecule has 0 aromatic carbocycles. The van der Waals surface area contributed by atoms with Crippen molar-refractivity contribution >= 4 is 5.78 Å². The Bertz CT molecular complexity index is 345. The Morgan fingerprint density at radius 3 is 2.59 bits per heavy atom. The first-order valence-corrected chi connectivity index (χ1v) is 6.56. The monoisotopic (exact) mass is 234 g/mol. The van der Waals surface area contributed by atoms with Gasteiger partial charge >= 0.3 is 0 Å². The van der Waals surface area contributed by atoms with Gasteiger partial charge in [0.2, 0.25) is 0 Å². The lowest BCUT2D eigenvalue weighted by atomic mass is 9.65. The summed E-state index contributed by atoms with van der Waals surface area (Å²) in [7, 11) is 0. The zero-order chi connectivity index (χ0) is 13.3. The summed E-state index contributed by atoms with van der Waals surface area (Å²) >= 11 is 0. The molecule has 17 heavy (non-hydrogen) atoms. The fourth-order valence-corrected chi connectivity index (χ4v) is 2.29. The molecule has 96 valence electrons. The molecule has 1 aliphatic carbocycles. The molecule has 0 amide bonds. The predicted molar refractivity (Wildman–Crippen MR) is 73.9 cm³/mol. The predicted octanol–water partition coefficient (Wildman–Crippen LogP) is 4.54. The van der Waals surface area contributed by atoms with Crippen LogP contribution in [0.1, 0.15) is 53.9 Å². The van der Waals surface area contributed by atoms with Crippen molar-refractivity contribution in [2.75, 3.05) is 0 Å². The van der Waals surface area contributed by atoms with Crippen molar-refractivity contribution in [1.29, 1.82) is 0 Å². The van der Waals surface area contributed by atoms with Crippen LogP contribution in [0.4, 0.5) is 0 Å². The first kappa shape index (κ1) is 14.2. The molecule has 1 heteroatoms. The topological polar surface area (TPSA) is 17.1 Å². The number of ketones is 1. The van der Waals surface area contributed by atoms with E-state index in [1.165, 1.54) is 18.4 Å². The van der Waals surface area contributed by atoms with Crippen LogP contribution in [-0.4, -0.2) is 5.78 Å². The maximum Gasteiger partial charge on any atom is 0.139 e. The average molecular weight is 234 g/mol. The van der Waals surface area contributed by atoms with Gasteiger partial charge in [0.25, 0.3) is 0 Å². The lowest BCUT2D eigenvalue weighted by molar-refractivity contribution is -0.122. The van der Waals surface area contributed by atoms with Crippen molar-refractivity contribution in [2.24, 2.45) is 16.7 Å². The van der Waals surface area contributed by atoms with Crippen molar-refractivity contribution in [3.8, 4) is 0 Å². The Hall–Kier alpha value is -0.850. The minimum atomic E-state index is -0.338. The Kier molecular flexibility index (Phi) is 4.01. The molecule has 1 saturated carbocycles. The van der Waals surface area contributed by atoms with Crippen LogP contribution < -0.4 is 0 Å². The van der Waals surface area contributed by atoms with Gasteiger partial charge in [-0.05, 0) is 51.4 Å². The number of hydrogen-bond acceptors (Lipinski definition) is 1. The highest BCUT2D eigenvalue weighted by molar-refractivity contribution is 5.83. The van der Waals surface area contributed by atoms with Gasteiger partial charge in [-0.25, -0.2) is 0 Å². The second kappa shape index (κ2) is 4.80. The van der Waals surface area contributed by atoms with Crippen molar-refractivity contribution in [3.63, 3.8) is 0 Å². The van der Waals surface area contributed by atoms with Crippen LogP contribution in [0.15, 0.2) is 24.3 Å². The van der Waals surface area contributed by atoms with Gasteiger partial charge in [0, 0.05) is 5.41 Å².